The summed E-state index contributed by atoms with van der Waals surface area (Å²) < 4.78 is 0. The van der Waals surface area contributed by atoms with Crippen molar-refractivity contribution in [3.8, 4) is 0 Å². The Morgan fingerprint density at radius 3 is 2.62 bits per heavy atom. The van der Waals surface area contributed by atoms with Crippen LogP contribution in [0.15, 0.2) is 12.3 Å². The number of nitrogens with one attached hydrogen (secondary N) is 3. The number of hydrogen-bond donors (Lipinski definition) is 3. The number of carbonyl (C=O) groups excluding carboxylic acids is 2. The Hall–Kier alpha value is -1.82. The van der Waals surface area contributed by atoms with Crippen molar-refractivity contribution in [2.75, 3.05) is 12.4 Å². The molecule has 0 aromatic carbocycles. The second kappa shape index (κ2) is 7.26. The van der Waals surface area contributed by atoms with Gasteiger partial charge in [0.05, 0.1) is 11.3 Å². The van der Waals surface area contributed by atoms with Crippen LogP contribution in [0.1, 0.15) is 42.5 Å². The summed E-state index contributed by atoms with van der Waals surface area (Å²) in [5.74, 6) is -0.560. The van der Waals surface area contributed by atoms with Crippen LogP contribution >= 0.6 is 11.6 Å². The summed E-state index contributed by atoms with van der Waals surface area (Å²) >= 11 is 5.78. The van der Waals surface area contributed by atoms with Gasteiger partial charge in [0, 0.05) is 19.2 Å². The van der Waals surface area contributed by atoms with Crippen molar-refractivity contribution in [1.29, 1.82) is 0 Å². The first kappa shape index (κ1) is 15.6. The lowest BCUT2D eigenvalue weighted by Gasteiger charge is -2.21. The molecule has 1 aromatic rings. The average Bonchev–Trinajstić information content (AvgIpc) is 2.52. The third kappa shape index (κ3) is 4.07. The van der Waals surface area contributed by atoms with Gasteiger partial charge in [-0.2, -0.15) is 0 Å². The molecule has 0 radical (unpaired) electrons. The van der Waals surface area contributed by atoms with Crippen molar-refractivity contribution in [1.82, 2.24) is 15.8 Å². The van der Waals surface area contributed by atoms with Crippen LogP contribution in [0.4, 0.5) is 5.69 Å². The highest BCUT2D eigenvalue weighted by atomic mass is 35.5. The lowest BCUT2D eigenvalue weighted by atomic mass is 9.89. The van der Waals surface area contributed by atoms with E-state index in [1.807, 2.05) is 0 Å². The number of carbonyl (C=O) groups is 2. The van der Waals surface area contributed by atoms with Crippen LogP contribution in [-0.2, 0) is 4.79 Å². The number of aromatic nitrogens is 1. The summed E-state index contributed by atoms with van der Waals surface area (Å²) in [5.41, 5.74) is 5.80. The average molecular weight is 311 g/mol. The Morgan fingerprint density at radius 2 is 1.95 bits per heavy atom. The van der Waals surface area contributed by atoms with Crippen molar-refractivity contribution in [2.24, 2.45) is 5.92 Å². The molecule has 6 nitrogen and oxygen atoms in total. The van der Waals surface area contributed by atoms with Gasteiger partial charge in [-0.1, -0.05) is 30.9 Å². The number of amides is 2. The van der Waals surface area contributed by atoms with Gasteiger partial charge in [0.2, 0.25) is 5.91 Å². The molecule has 2 rings (SSSR count). The maximum absolute atomic E-state index is 12.1. The molecule has 1 heterocycles. The highest BCUT2D eigenvalue weighted by Gasteiger charge is 2.21. The molecular weight excluding hydrogens is 292 g/mol. The first-order chi connectivity index (χ1) is 10.1. The van der Waals surface area contributed by atoms with Gasteiger partial charge >= 0.3 is 0 Å². The topological polar surface area (TPSA) is 83.1 Å². The molecule has 1 aliphatic carbocycles. The van der Waals surface area contributed by atoms with Crippen LogP contribution in [-0.4, -0.2) is 23.8 Å². The molecule has 21 heavy (non-hydrogen) atoms. The van der Waals surface area contributed by atoms with E-state index in [2.05, 4.69) is 21.2 Å². The van der Waals surface area contributed by atoms with Gasteiger partial charge in [-0.25, -0.2) is 4.98 Å². The summed E-state index contributed by atoms with van der Waals surface area (Å²) in [7, 11) is 1.68. The lowest BCUT2D eigenvalue weighted by Crippen LogP contribution is -2.45. The fourth-order valence-electron chi connectivity index (χ4n) is 2.47. The van der Waals surface area contributed by atoms with Crippen LogP contribution in [0.5, 0.6) is 0 Å². The van der Waals surface area contributed by atoms with Crippen LogP contribution < -0.4 is 16.2 Å². The molecule has 3 N–H and O–H groups in total. The van der Waals surface area contributed by atoms with Gasteiger partial charge in [0.15, 0.2) is 0 Å². The van der Waals surface area contributed by atoms with Crippen LogP contribution in [0.3, 0.4) is 0 Å². The molecule has 0 atom stereocenters. The first-order valence-corrected chi connectivity index (χ1v) is 7.43. The highest BCUT2D eigenvalue weighted by molar-refractivity contribution is 6.29. The molecule has 0 bridgehead atoms. The molecule has 7 heteroatoms. The minimum atomic E-state index is -0.423. The van der Waals surface area contributed by atoms with E-state index in [1.165, 1.54) is 12.6 Å². The van der Waals surface area contributed by atoms with Crippen molar-refractivity contribution < 1.29 is 9.59 Å². The second-order valence-corrected chi connectivity index (χ2v) is 5.47. The van der Waals surface area contributed by atoms with E-state index >= 15 is 0 Å². The number of hydrogen-bond acceptors (Lipinski definition) is 4. The Labute approximate surface area is 128 Å². The fourth-order valence-corrected chi connectivity index (χ4v) is 2.63. The summed E-state index contributed by atoms with van der Waals surface area (Å²) in [6.45, 7) is 0. The molecular formula is C14H19ClN4O2. The van der Waals surface area contributed by atoms with Crippen molar-refractivity contribution >= 4 is 29.1 Å². The number of nitrogens with zero attached hydrogens (tertiary/aromatic N) is 1. The first-order valence-electron chi connectivity index (χ1n) is 7.05. The third-order valence-corrected chi connectivity index (χ3v) is 3.87. The zero-order chi connectivity index (χ0) is 15.2. The molecule has 114 valence electrons. The van der Waals surface area contributed by atoms with E-state index in [1.54, 1.807) is 13.1 Å². The van der Waals surface area contributed by atoms with Crippen LogP contribution in [0.2, 0.25) is 5.15 Å². The zero-order valence-corrected chi connectivity index (χ0v) is 12.7. The molecule has 0 spiro atoms. The second-order valence-electron chi connectivity index (χ2n) is 5.08. The van der Waals surface area contributed by atoms with Crippen molar-refractivity contribution in [3.63, 3.8) is 0 Å². The van der Waals surface area contributed by atoms with Gasteiger partial charge < -0.3 is 5.32 Å². The Balaban J connectivity index is 1.93. The standard InChI is InChI=1S/C14H19ClN4O2/c1-16-11-7-12(15)17-8-10(11)14(21)19-18-13(20)9-5-3-2-4-6-9/h7-9H,2-6H2,1H3,(H,16,17)(H,18,20)(H,19,21). The zero-order valence-electron chi connectivity index (χ0n) is 11.9. The maximum Gasteiger partial charge on any atom is 0.273 e. The quantitative estimate of drug-likeness (QED) is 0.590. The molecule has 1 aliphatic rings. The predicted molar refractivity (Wildman–Crippen MR) is 81.0 cm³/mol. The number of pyridine rings is 1. The number of halogens is 1. The predicted octanol–water partition coefficient (Wildman–Crippen LogP) is 2.12. The summed E-state index contributed by atoms with van der Waals surface area (Å²) in [6.07, 6.45) is 6.44. The van der Waals surface area contributed by atoms with Gasteiger partial charge in [-0.15, -0.1) is 0 Å². The fraction of sp³-hybridized carbons (Fsp3) is 0.500. The highest BCUT2D eigenvalue weighted by Crippen LogP contribution is 2.23. The third-order valence-electron chi connectivity index (χ3n) is 3.66. The van der Waals surface area contributed by atoms with Crippen molar-refractivity contribution in [2.45, 2.75) is 32.1 Å². The minimum absolute atomic E-state index is 0.00818. The summed E-state index contributed by atoms with van der Waals surface area (Å²) in [5, 5.41) is 3.16. The van der Waals surface area contributed by atoms with Crippen molar-refractivity contribution in [3.05, 3.63) is 23.0 Å². The normalized spacial score (nSPS) is 15.3. The minimum Gasteiger partial charge on any atom is -0.387 e. The van der Waals surface area contributed by atoms with Gasteiger partial charge in [-0.05, 0) is 18.9 Å². The summed E-state index contributed by atoms with van der Waals surface area (Å²) in [4.78, 5) is 27.9. The van der Waals surface area contributed by atoms with E-state index in [4.69, 9.17) is 11.6 Å². The van der Waals surface area contributed by atoms with Crippen LogP contribution in [0.25, 0.3) is 0 Å². The Kier molecular flexibility index (Phi) is 5.38. The monoisotopic (exact) mass is 310 g/mol. The molecule has 2 amide bonds. The van der Waals surface area contributed by atoms with Gasteiger partial charge in [0.25, 0.3) is 5.91 Å². The smallest absolute Gasteiger partial charge is 0.273 e. The maximum atomic E-state index is 12.1. The van der Waals surface area contributed by atoms with E-state index < -0.39 is 5.91 Å². The van der Waals surface area contributed by atoms with Gasteiger partial charge in [-0.3, -0.25) is 20.4 Å². The van der Waals surface area contributed by atoms with Crippen LogP contribution in [0, 0.1) is 5.92 Å². The number of anilines is 1. The molecule has 1 fully saturated rings. The SMILES string of the molecule is CNc1cc(Cl)ncc1C(=O)NNC(=O)C1CCCCC1. The van der Waals surface area contributed by atoms with E-state index in [-0.39, 0.29) is 11.8 Å². The van der Waals surface area contributed by atoms with E-state index in [0.717, 1.165) is 25.7 Å². The molecule has 0 aliphatic heterocycles. The van der Waals surface area contributed by atoms with E-state index in [0.29, 0.717) is 16.4 Å². The Morgan fingerprint density at radius 1 is 1.24 bits per heavy atom. The molecule has 1 aromatic heterocycles. The molecule has 0 saturated heterocycles. The molecule has 1 saturated carbocycles. The number of rotatable bonds is 3. The van der Waals surface area contributed by atoms with Gasteiger partial charge in [0.1, 0.15) is 5.15 Å². The number of hydrazine groups is 1. The Bertz CT molecular complexity index is 530. The largest absolute Gasteiger partial charge is 0.387 e. The molecule has 0 unspecified atom stereocenters. The summed E-state index contributed by atoms with van der Waals surface area (Å²) in [6, 6.07) is 1.55. The lowest BCUT2D eigenvalue weighted by molar-refractivity contribution is -0.126. The van der Waals surface area contributed by atoms with E-state index in [9.17, 15) is 9.59 Å².